The van der Waals surface area contributed by atoms with Gasteiger partial charge in [-0.25, -0.2) is 5.06 Å². The van der Waals surface area contributed by atoms with Crippen molar-refractivity contribution in [2.75, 3.05) is 14.2 Å². The molecule has 0 heterocycles. The van der Waals surface area contributed by atoms with Crippen LogP contribution in [0.5, 0.6) is 0 Å². The van der Waals surface area contributed by atoms with Crippen molar-refractivity contribution >= 4 is 5.91 Å². The third-order valence-electron chi connectivity index (χ3n) is 8.74. The van der Waals surface area contributed by atoms with Crippen LogP contribution < -0.4 is 0 Å². The van der Waals surface area contributed by atoms with E-state index in [9.17, 15) is 9.90 Å². The lowest BCUT2D eigenvalue weighted by molar-refractivity contribution is -0.164. The number of allylic oxidation sites excluding steroid dienone is 1. The third-order valence-corrected chi connectivity index (χ3v) is 8.74. The van der Waals surface area contributed by atoms with Crippen molar-refractivity contribution in [3.63, 3.8) is 0 Å². The number of carbonyl (C=O) groups excluding carboxylic acids is 1. The first-order chi connectivity index (χ1) is 12.7. The molecule has 7 atom stereocenters. The Kier molecular flexibility index (Phi) is 4.95. The van der Waals surface area contributed by atoms with E-state index in [1.165, 1.54) is 37.2 Å². The molecule has 27 heavy (non-hydrogen) atoms. The van der Waals surface area contributed by atoms with Crippen LogP contribution in [-0.2, 0) is 9.63 Å². The maximum Gasteiger partial charge on any atom is 0.272 e. The van der Waals surface area contributed by atoms with Gasteiger partial charge in [0.15, 0.2) is 0 Å². The van der Waals surface area contributed by atoms with Crippen LogP contribution in [-0.4, -0.2) is 35.8 Å². The zero-order valence-electron chi connectivity index (χ0n) is 17.5. The molecular weight excluding hydrogens is 338 g/mol. The predicted molar refractivity (Wildman–Crippen MR) is 106 cm³/mol. The van der Waals surface area contributed by atoms with E-state index < -0.39 is 5.60 Å². The number of fused-ring (bicyclic) bond motifs is 5. The lowest BCUT2D eigenvalue weighted by atomic mass is 9.47. The smallest absolute Gasteiger partial charge is 0.272 e. The van der Waals surface area contributed by atoms with Gasteiger partial charge in [0.2, 0.25) is 0 Å². The number of hydrogen-bond donors (Lipinski definition) is 1. The summed E-state index contributed by atoms with van der Waals surface area (Å²) in [6.07, 6.45) is 12.6. The summed E-state index contributed by atoms with van der Waals surface area (Å²) in [6, 6.07) is 0. The molecule has 3 fully saturated rings. The Morgan fingerprint density at radius 2 is 1.85 bits per heavy atom. The summed E-state index contributed by atoms with van der Waals surface area (Å²) in [7, 11) is 3.25. The van der Waals surface area contributed by atoms with Crippen molar-refractivity contribution in [3.05, 3.63) is 11.6 Å². The Morgan fingerprint density at radius 1 is 1.11 bits per heavy atom. The molecule has 0 spiro atoms. The first kappa shape index (κ1) is 19.4. The monoisotopic (exact) mass is 375 g/mol. The average molecular weight is 376 g/mol. The Labute approximate surface area is 164 Å². The minimum atomic E-state index is -0.437. The molecule has 0 aliphatic heterocycles. The van der Waals surface area contributed by atoms with Crippen molar-refractivity contribution in [3.8, 4) is 0 Å². The summed E-state index contributed by atoms with van der Waals surface area (Å²) in [4.78, 5) is 17.7. The highest BCUT2D eigenvalue weighted by molar-refractivity contribution is 5.92. The lowest BCUT2D eigenvalue weighted by Gasteiger charge is -2.58. The fraction of sp³-hybridized carbons (Fsp3) is 0.870. The quantitative estimate of drug-likeness (QED) is 0.731. The number of amides is 1. The molecular formula is C23H37NO3. The van der Waals surface area contributed by atoms with Crippen molar-refractivity contribution in [1.29, 1.82) is 0 Å². The van der Waals surface area contributed by atoms with E-state index in [-0.39, 0.29) is 11.3 Å². The van der Waals surface area contributed by atoms with Crippen molar-refractivity contribution < 1.29 is 14.7 Å². The molecule has 152 valence electrons. The number of hydrogen-bond acceptors (Lipinski definition) is 3. The molecule has 4 rings (SSSR count). The predicted octanol–water partition coefficient (Wildman–Crippen LogP) is 4.34. The number of nitrogens with zero attached hydrogens (tertiary/aromatic N) is 1. The number of carbonyl (C=O) groups is 1. The molecule has 1 amide bonds. The maximum absolute atomic E-state index is 12.6. The standard InChI is InChI=1S/C23H37NO3/c1-22-11-9-18-17-10-12-23(2,26)14-15(17)5-7-19(18)20(22)8-6-16(13-22)21(25)24(3)27-4/h13,15,17-20,26H,5-12,14H2,1-4H3/t15-,17+,18-,19-,20+,22-,23-/m1/s1. The fourth-order valence-electron chi connectivity index (χ4n) is 7.39. The van der Waals surface area contributed by atoms with E-state index >= 15 is 0 Å². The second kappa shape index (κ2) is 6.88. The average Bonchev–Trinajstić information content (AvgIpc) is 2.64. The highest BCUT2D eigenvalue weighted by atomic mass is 16.7. The van der Waals surface area contributed by atoms with E-state index in [2.05, 4.69) is 13.0 Å². The summed E-state index contributed by atoms with van der Waals surface area (Å²) in [6.45, 7) is 4.43. The van der Waals surface area contributed by atoms with Gasteiger partial charge in [-0.2, -0.15) is 0 Å². The van der Waals surface area contributed by atoms with Crippen molar-refractivity contribution in [2.45, 2.75) is 77.2 Å². The van der Waals surface area contributed by atoms with E-state index in [1.807, 2.05) is 6.92 Å². The van der Waals surface area contributed by atoms with Crippen LogP contribution in [0.2, 0.25) is 0 Å². The molecule has 3 saturated carbocycles. The van der Waals surface area contributed by atoms with Gasteiger partial charge in [-0.15, -0.1) is 0 Å². The SMILES string of the molecule is CON(C)C(=O)C1=C[C@@]2(C)CC[C@H]3[C@@H](CC[C@@H]4C[C@](C)(O)CC[C@@H]43)[C@@H]2CC1. The maximum atomic E-state index is 12.6. The molecule has 1 N–H and O–H groups in total. The van der Waals surface area contributed by atoms with Gasteiger partial charge >= 0.3 is 0 Å². The van der Waals surface area contributed by atoms with E-state index in [0.29, 0.717) is 5.92 Å². The molecule has 0 radical (unpaired) electrons. The summed E-state index contributed by atoms with van der Waals surface area (Å²) < 4.78 is 0. The molecule has 0 unspecified atom stereocenters. The Hall–Kier alpha value is -0.870. The van der Waals surface area contributed by atoms with Crippen LogP contribution in [0.4, 0.5) is 0 Å². The van der Waals surface area contributed by atoms with Gasteiger partial charge in [-0.1, -0.05) is 13.0 Å². The summed E-state index contributed by atoms with van der Waals surface area (Å²) in [5.41, 5.74) is 0.665. The van der Waals surface area contributed by atoms with Crippen molar-refractivity contribution in [1.82, 2.24) is 5.06 Å². The van der Waals surface area contributed by atoms with Crippen LogP contribution >= 0.6 is 0 Å². The Bertz CT molecular complexity index is 627. The van der Waals surface area contributed by atoms with E-state index in [0.717, 1.165) is 54.9 Å². The molecule has 0 aromatic carbocycles. The van der Waals surface area contributed by atoms with Crippen LogP contribution in [0.3, 0.4) is 0 Å². The molecule has 4 heteroatoms. The minimum absolute atomic E-state index is 0.0255. The summed E-state index contributed by atoms with van der Waals surface area (Å²) in [5.74, 6) is 3.93. The molecule has 0 aromatic rings. The van der Waals surface area contributed by atoms with E-state index in [4.69, 9.17) is 4.84 Å². The van der Waals surface area contributed by atoms with E-state index in [1.54, 1.807) is 14.2 Å². The first-order valence-electron chi connectivity index (χ1n) is 11.0. The fourth-order valence-corrected chi connectivity index (χ4v) is 7.39. The molecule has 0 bridgehead atoms. The topological polar surface area (TPSA) is 49.8 Å². The lowest BCUT2D eigenvalue weighted by Crippen LogP contribution is -2.51. The second-order valence-corrected chi connectivity index (χ2v) is 10.4. The van der Waals surface area contributed by atoms with Gasteiger partial charge in [-0.05, 0) is 99.7 Å². The van der Waals surface area contributed by atoms with Gasteiger partial charge in [0, 0.05) is 12.6 Å². The second-order valence-electron chi connectivity index (χ2n) is 10.4. The third kappa shape index (κ3) is 3.37. The number of hydroxylamine groups is 2. The largest absolute Gasteiger partial charge is 0.390 e. The Morgan fingerprint density at radius 3 is 2.59 bits per heavy atom. The van der Waals surface area contributed by atoms with Crippen LogP contribution in [0, 0.1) is 35.0 Å². The normalized spacial score (nSPS) is 46.6. The molecule has 4 aliphatic rings. The van der Waals surface area contributed by atoms with Crippen LogP contribution in [0.25, 0.3) is 0 Å². The van der Waals surface area contributed by atoms with Gasteiger partial charge in [0.25, 0.3) is 5.91 Å². The van der Waals surface area contributed by atoms with Crippen LogP contribution in [0.1, 0.15) is 71.6 Å². The zero-order chi connectivity index (χ0) is 19.4. The van der Waals surface area contributed by atoms with Crippen LogP contribution in [0.15, 0.2) is 11.6 Å². The summed E-state index contributed by atoms with van der Waals surface area (Å²) >= 11 is 0. The zero-order valence-corrected chi connectivity index (χ0v) is 17.5. The Balaban J connectivity index is 1.53. The summed E-state index contributed by atoms with van der Waals surface area (Å²) in [5, 5.41) is 11.9. The molecule has 0 saturated heterocycles. The molecule has 0 aromatic heterocycles. The molecule has 4 nitrogen and oxygen atoms in total. The van der Waals surface area contributed by atoms with Gasteiger partial charge in [0.05, 0.1) is 12.7 Å². The molecule has 4 aliphatic carbocycles. The highest BCUT2D eigenvalue weighted by Gasteiger charge is 2.53. The number of aliphatic hydroxyl groups is 1. The highest BCUT2D eigenvalue weighted by Crippen LogP contribution is 2.61. The number of rotatable bonds is 2. The van der Waals surface area contributed by atoms with Gasteiger partial charge in [-0.3, -0.25) is 9.63 Å². The van der Waals surface area contributed by atoms with Gasteiger partial charge < -0.3 is 5.11 Å². The number of likely N-dealkylation sites (N-methyl/N-ethyl adjacent to an activating group) is 1. The first-order valence-corrected chi connectivity index (χ1v) is 11.0. The van der Waals surface area contributed by atoms with Crippen molar-refractivity contribution in [2.24, 2.45) is 35.0 Å². The van der Waals surface area contributed by atoms with Gasteiger partial charge in [0.1, 0.15) is 0 Å². The minimum Gasteiger partial charge on any atom is -0.390 e.